The Morgan fingerprint density at radius 2 is 2.11 bits per heavy atom. The minimum Gasteiger partial charge on any atom is -0.355 e. The normalized spacial score (nSPS) is 21.3. The average molecular weight is 525 g/mol. The summed E-state index contributed by atoms with van der Waals surface area (Å²) in [6.07, 6.45) is 14.2. The number of carbonyl (C=O) groups is 1. The molecule has 38 heavy (non-hydrogen) atoms. The minimum absolute atomic E-state index is 0.0336. The average Bonchev–Trinajstić information content (AvgIpc) is 3.54. The molecule has 0 spiro atoms. The zero-order valence-electron chi connectivity index (χ0n) is 23.7. The summed E-state index contributed by atoms with van der Waals surface area (Å²) in [5.41, 5.74) is 15.1. The number of carbonyl (C=O) groups excluding carboxylic acids is 1. The van der Waals surface area contributed by atoms with Crippen LogP contribution in [0.4, 0.5) is 5.82 Å². The fourth-order valence-corrected chi connectivity index (χ4v) is 6.09. The molecule has 0 radical (unpaired) electrons. The van der Waals surface area contributed by atoms with Gasteiger partial charge in [0.15, 0.2) is 5.65 Å². The van der Waals surface area contributed by atoms with Crippen LogP contribution in [0.15, 0.2) is 24.4 Å². The van der Waals surface area contributed by atoms with Gasteiger partial charge in [0.05, 0.1) is 17.8 Å². The molecule has 0 bridgehead atoms. The highest BCUT2D eigenvalue weighted by atomic mass is 16.2. The van der Waals surface area contributed by atoms with Gasteiger partial charge in [-0.05, 0) is 84.8 Å². The predicted molar refractivity (Wildman–Crippen MR) is 154 cm³/mol. The van der Waals surface area contributed by atoms with Crippen LogP contribution in [0, 0.1) is 6.92 Å². The summed E-state index contributed by atoms with van der Waals surface area (Å²) in [6, 6.07) is 2.06. The molecule has 2 aromatic heterocycles. The molecule has 2 aromatic rings. The van der Waals surface area contributed by atoms with E-state index in [1.54, 1.807) is 0 Å². The van der Waals surface area contributed by atoms with E-state index in [-0.39, 0.29) is 24.0 Å². The third-order valence-electron chi connectivity index (χ3n) is 8.00. The molecule has 2 fully saturated rings. The topological polar surface area (TPSA) is 109 Å². The number of fused-ring (bicyclic) bond motifs is 1. The summed E-state index contributed by atoms with van der Waals surface area (Å²) >= 11 is 0. The van der Waals surface area contributed by atoms with Crippen LogP contribution < -0.4 is 16.4 Å². The van der Waals surface area contributed by atoms with E-state index in [1.807, 2.05) is 4.52 Å². The highest BCUT2D eigenvalue weighted by molar-refractivity contribution is 5.82. The molecule has 3 atom stereocenters. The summed E-state index contributed by atoms with van der Waals surface area (Å²) in [7, 11) is 0. The van der Waals surface area contributed by atoms with E-state index in [2.05, 4.69) is 59.9 Å². The molecular formula is C29H48N8O. The van der Waals surface area contributed by atoms with E-state index in [9.17, 15) is 4.79 Å². The van der Waals surface area contributed by atoms with Crippen LogP contribution in [0.2, 0.25) is 0 Å². The van der Waals surface area contributed by atoms with Gasteiger partial charge in [-0.15, -0.1) is 0 Å². The maximum Gasteiger partial charge on any atom is 0.240 e. The van der Waals surface area contributed by atoms with E-state index >= 15 is 0 Å². The number of piperidine rings is 1. The second-order valence-electron chi connectivity index (χ2n) is 11.0. The van der Waals surface area contributed by atoms with Crippen molar-refractivity contribution in [3.8, 4) is 0 Å². The first-order chi connectivity index (χ1) is 18.5. The number of nitrogens with zero attached hydrogens (tertiary/aromatic N) is 6. The number of hydrogen-bond donors (Lipinski definition) is 2. The molecule has 4 rings (SSSR count). The lowest BCUT2D eigenvalue weighted by atomic mass is 9.97. The Bertz CT molecular complexity index is 1080. The zero-order valence-corrected chi connectivity index (χ0v) is 23.7. The highest BCUT2D eigenvalue weighted by Gasteiger charge is 2.36. The maximum absolute atomic E-state index is 14.2. The van der Waals surface area contributed by atoms with Gasteiger partial charge in [0.1, 0.15) is 5.82 Å². The SMILES string of the molecule is CC=CCCCN(CCC)C(CCN)C(=O)N1CCCCC1c1cc2nc(N3CCC(N)C3)c(C)cn2n1. The van der Waals surface area contributed by atoms with Gasteiger partial charge in [0.2, 0.25) is 5.91 Å². The number of aromatic nitrogens is 3. The van der Waals surface area contributed by atoms with Crippen molar-refractivity contribution in [1.82, 2.24) is 24.4 Å². The molecule has 1 amide bonds. The molecule has 2 saturated heterocycles. The molecular weight excluding hydrogens is 476 g/mol. The van der Waals surface area contributed by atoms with Gasteiger partial charge in [-0.25, -0.2) is 9.50 Å². The highest BCUT2D eigenvalue weighted by Crippen LogP contribution is 2.33. The largest absolute Gasteiger partial charge is 0.355 e. The molecule has 210 valence electrons. The Labute approximate surface area is 228 Å². The summed E-state index contributed by atoms with van der Waals surface area (Å²) in [5, 5.41) is 4.94. The number of nitrogens with two attached hydrogens (primary N) is 2. The molecule has 0 aliphatic carbocycles. The van der Waals surface area contributed by atoms with Gasteiger partial charge in [-0.3, -0.25) is 9.69 Å². The van der Waals surface area contributed by atoms with Gasteiger partial charge in [-0.1, -0.05) is 19.1 Å². The first kappa shape index (κ1) is 28.5. The third kappa shape index (κ3) is 6.55. The Kier molecular flexibility index (Phi) is 10.2. The Morgan fingerprint density at radius 3 is 2.82 bits per heavy atom. The van der Waals surface area contributed by atoms with Crippen molar-refractivity contribution in [2.24, 2.45) is 11.5 Å². The minimum atomic E-state index is -0.186. The fraction of sp³-hybridized carbons (Fsp3) is 0.690. The van der Waals surface area contributed by atoms with Crippen molar-refractivity contribution in [3.05, 3.63) is 35.7 Å². The number of aryl methyl sites for hydroxylation is 1. The van der Waals surface area contributed by atoms with Gasteiger partial charge < -0.3 is 21.3 Å². The molecule has 4 heterocycles. The lowest BCUT2D eigenvalue weighted by Crippen LogP contribution is -2.52. The van der Waals surface area contributed by atoms with E-state index in [0.717, 1.165) is 100 Å². The second kappa shape index (κ2) is 13.5. The van der Waals surface area contributed by atoms with Crippen LogP contribution in [-0.2, 0) is 4.79 Å². The van der Waals surface area contributed by atoms with Gasteiger partial charge in [-0.2, -0.15) is 5.10 Å². The number of allylic oxidation sites excluding steroid dienone is 2. The number of unbranched alkanes of at least 4 members (excludes halogenated alkanes) is 1. The van der Waals surface area contributed by atoms with Crippen LogP contribution in [-0.4, -0.2) is 81.7 Å². The number of likely N-dealkylation sites (tertiary alicyclic amines) is 1. The van der Waals surface area contributed by atoms with Crippen molar-refractivity contribution < 1.29 is 4.79 Å². The maximum atomic E-state index is 14.2. The first-order valence-corrected chi connectivity index (χ1v) is 14.7. The number of anilines is 1. The van der Waals surface area contributed by atoms with Crippen LogP contribution in [0.1, 0.15) is 82.5 Å². The lowest BCUT2D eigenvalue weighted by molar-refractivity contribution is -0.141. The summed E-state index contributed by atoms with van der Waals surface area (Å²) < 4.78 is 1.88. The predicted octanol–water partition coefficient (Wildman–Crippen LogP) is 3.41. The van der Waals surface area contributed by atoms with E-state index in [4.69, 9.17) is 21.5 Å². The molecule has 2 aliphatic heterocycles. The van der Waals surface area contributed by atoms with Crippen LogP contribution >= 0.6 is 0 Å². The van der Waals surface area contributed by atoms with E-state index < -0.39 is 0 Å². The van der Waals surface area contributed by atoms with Crippen molar-refractivity contribution in [2.75, 3.05) is 44.2 Å². The summed E-state index contributed by atoms with van der Waals surface area (Å²) in [6.45, 7) is 11.2. The number of amides is 1. The molecule has 2 aliphatic rings. The van der Waals surface area contributed by atoms with Crippen LogP contribution in [0.3, 0.4) is 0 Å². The number of rotatable bonds is 12. The monoisotopic (exact) mass is 524 g/mol. The van der Waals surface area contributed by atoms with Crippen molar-refractivity contribution in [3.63, 3.8) is 0 Å². The number of hydrogen-bond acceptors (Lipinski definition) is 7. The van der Waals surface area contributed by atoms with Gasteiger partial charge >= 0.3 is 0 Å². The summed E-state index contributed by atoms with van der Waals surface area (Å²) in [4.78, 5) is 25.9. The second-order valence-corrected chi connectivity index (χ2v) is 11.0. The fourth-order valence-electron chi connectivity index (χ4n) is 6.09. The zero-order chi connectivity index (χ0) is 27.1. The van der Waals surface area contributed by atoms with Crippen molar-refractivity contribution in [1.29, 1.82) is 0 Å². The van der Waals surface area contributed by atoms with Crippen molar-refractivity contribution >= 4 is 17.4 Å². The summed E-state index contributed by atoms with van der Waals surface area (Å²) in [5.74, 6) is 1.19. The Morgan fingerprint density at radius 1 is 1.26 bits per heavy atom. The standard InChI is InChI=1S/C29H48N8O/c1-4-6-7-9-16-34(15-5-2)26(12-14-30)29(38)36-17-10-8-11-25(36)24-19-27-32-28(22(3)20-37(27)33-24)35-18-13-23(31)21-35/h4,6,19-20,23,25-26H,5,7-18,21,30-31H2,1-3H3. The molecule has 3 unspecified atom stereocenters. The molecule has 9 nitrogen and oxygen atoms in total. The molecule has 0 saturated carbocycles. The lowest BCUT2D eigenvalue weighted by Gasteiger charge is -2.40. The van der Waals surface area contributed by atoms with Gasteiger partial charge in [0, 0.05) is 43.5 Å². The van der Waals surface area contributed by atoms with E-state index in [1.165, 1.54) is 0 Å². The van der Waals surface area contributed by atoms with Crippen LogP contribution in [0.5, 0.6) is 0 Å². The molecule has 4 N–H and O–H groups in total. The van der Waals surface area contributed by atoms with Gasteiger partial charge in [0.25, 0.3) is 0 Å². The first-order valence-electron chi connectivity index (χ1n) is 14.7. The Hall–Kier alpha value is -2.49. The van der Waals surface area contributed by atoms with Crippen molar-refractivity contribution in [2.45, 2.75) is 90.3 Å². The molecule has 0 aromatic carbocycles. The third-order valence-corrected chi connectivity index (χ3v) is 8.00. The molecule has 9 heteroatoms. The van der Waals surface area contributed by atoms with E-state index in [0.29, 0.717) is 13.0 Å². The van der Waals surface area contributed by atoms with Crippen LogP contribution in [0.25, 0.3) is 5.65 Å². The Balaban J connectivity index is 1.58. The quantitative estimate of drug-likeness (QED) is 0.323. The smallest absolute Gasteiger partial charge is 0.240 e.